The van der Waals surface area contributed by atoms with Gasteiger partial charge in [-0.25, -0.2) is 0 Å². The summed E-state index contributed by atoms with van der Waals surface area (Å²) in [6, 6.07) is 23.0. The first-order valence-electron chi connectivity index (χ1n) is 11.1. The molecular formula is C26H21N3O4S. The van der Waals surface area contributed by atoms with E-state index in [1.54, 1.807) is 36.0 Å². The number of nitrogens with zero attached hydrogens (tertiary/aromatic N) is 2. The Balaban J connectivity index is 1.62. The summed E-state index contributed by atoms with van der Waals surface area (Å²) in [5.41, 5.74) is 1.58. The summed E-state index contributed by atoms with van der Waals surface area (Å²) < 4.78 is 0. The van der Waals surface area contributed by atoms with Crippen LogP contribution in [0, 0.1) is 16.0 Å². The molecule has 3 heterocycles. The highest BCUT2D eigenvalue weighted by Crippen LogP contribution is 2.61. The van der Waals surface area contributed by atoms with Gasteiger partial charge >= 0.3 is 0 Å². The quantitative estimate of drug-likeness (QED) is 0.344. The molecule has 3 aliphatic heterocycles. The molecule has 34 heavy (non-hydrogen) atoms. The highest BCUT2D eigenvalue weighted by Gasteiger charge is 2.69. The molecule has 0 aromatic heterocycles. The zero-order chi connectivity index (χ0) is 23.4. The zero-order valence-corrected chi connectivity index (χ0v) is 18.9. The fourth-order valence-corrected chi connectivity index (χ4v) is 7.36. The average molecular weight is 472 g/mol. The largest absolute Gasteiger partial charge is 0.324 e. The maximum atomic E-state index is 14.2. The van der Waals surface area contributed by atoms with Crippen molar-refractivity contribution in [2.24, 2.45) is 5.92 Å². The van der Waals surface area contributed by atoms with Crippen molar-refractivity contribution in [1.82, 2.24) is 4.90 Å². The molecule has 170 valence electrons. The first-order chi connectivity index (χ1) is 16.5. The molecule has 4 atom stereocenters. The summed E-state index contributed by atoms with van der Waals surface area (Å²) >= 11 is 1.72. The van der Waals surface area contributed by atoms with Gasteiger partial charge in [-0.3, -0.25) is 24.6 Å². The molecule has 1 amide bonds. The Hall–Kier alpha value is -3.49. The number of para-hydroxylation sites is 1. The van der Waals surface area contributed by atoms with Gasteiger partial charge in [0.2, 0.25) is 5.91 Å². The van der Waals surface area contributed by atoms with Crippen molar-refractivity contribution in [2.75, 3.05) is 16.9 Å². The van der Waals surface area contributed by atoms with Gasteiger partial charge in [0.15, 0.2) is 5.78 Å². The molecule has 0 bridgehead atoms. The van der Waals surface area contributed by atoms with E-state index in [-0.39, 0.29) is 29.3 Å². The molecule has 2 fully saturated rings. The lowest BCUT2D eigenvalue weighted by Crippen LogP contribution is -2.52. The van der Waals surface area contributed by atoms with Gasteiger partial charge in [-0.1, -0.05) is 60.7 Å². The SMILES string of the molecule is O=C(c1ccccc1)[C@@H]1[C@H](c2cccc([N+](=O)[O-])c2)[C@H]2CSCN2[C@]12C(=O)Nc1ccccc12. The first-order valence-corrected chi connectivity index (χ1v) is 12.3. The molecule has 0 unspecified atom stereocenters. The van der Waals surface area contributed by atoms with Gasteiger partial charge in [-0.15, -0.1) is 11.8 Å². The van der Waals surface area contributed by atoms with Crippen LogP contribution < -0.4 is 5.32 Å². The number of hydrogen-bond acceptors (Lipinski definition) is 6. The van der Waals surface area contributed by atoms with E-state index in [0.29, 0.717) is 17.1 Å². The number of carbonyl (C=O) groups excluding carboxylic acids is 2. The lowest BCUT2D eigenvalue weighted by atomic mass is 9.69. The molecule has 0 aliphatic carbocycles. The van der Waals surface area contributed by atoms with Crippen LogP contribution in [0.2, 0.25) is 0 Å². The van der Waals surface area contributed by atoms with E-state index < -0.39 is 16.4 Å². The van der Waals surface area contributed by atoms with E-state index >= 15 is 0 Å². The fraction of sp³-hybridized carbons (Fsp3) is 0.231. The van der Waals surface area contributed by atoms with Gasteiger partial charge in [0.05, 0.1) is 10.8 Å². The summed E-state index contributed by atoms with van der Waals surface area (Å²) in [5.74, 6) is -0.0859. The Morgan fingerprint density at radius 2 is 1.82 bits per heavy atom. The summed E-state index contributed by atoms with van der Waals surface area (Å²) in [6.07, 6.45) is 0. The van der Waals surface area contributed by atoms with Crippen molar-refractivity contribution in [1.29, 1.82) is 0 Å². The van der Waals surface area contributed by atoms with Crippen molar-refractivity contribution in [3.8, 4) is 0 Å². The molecule has 1 N–H and O–H groups in total. The summed E-state index contributed by atoms with van der Waals surface area (Å²) in [7, 11) is 0. The minimum Gasteiger partial charge on any atom is -0.324 e. The first kappa shape index (κ1) is 21.1. The number of non-ortho nitro benzene ring substituents is 1. The molecule has 7 nitrogen and oxygen atoms in total. The van der Waals surface area contributed by atoms with E-state index in [2.05, 4.69) is 10.2 Å². The van der Waals surface area contributed by atoms with Gasteiger partial charge in [-0.05, 0) is 11.6 Å². The number of Topliss-reactive ketones (excluding diaryl/α,β-unsaturated/α-hetero) is 1. The van der Waals surface area contributed by atoms with Gasteiger partial charge < -0.3 is 5.32 Å². The maximum Gasteiger partial charge on any atom is 0.269 e. The molecular weight excluding hydrogens is 450 g/mol. The molecule has 0 saturated carbocycles. The topological polar surface area (TPSA) is 92.5 Å². The van der Waals surface area contributed by atoms with Crippen molar-refractivity contribution >= 4 is 34.8 Å². The third-order valence-corrected chi connectivity index (χ3v) is 8.37. The van der Waals surface area contributed by atoms with Gasteiger partial charge in [0, 0.05) is 52.5 Å². The van der Waals surface area contributed by atoms with E-state index in [0.717, 1.165) is 16.9 Å². The number of anilines is 1. The number of fused-ring (bicyclic) bond motifs is 4. The van der Waals surface area contributed by atoms with E-state index in [1.165, 1.54) is 6.07 Å². The minimum absolute atomic E-state index is 0.0159. The number of thioether (sulfide) groups is 1. The lowest BCUT2D eigenvalue weighted by molar-refractivity contribution is -0.384. The minimum atomic E-state index is -1.17. The number of benzene rings is 3. The molecule has 3 aromatic carbocycles. The number of nitro groups is 1. The standard InChI is InChI=1S/C26H21N3O4S/c30-24(16-7-2-1-3-8-16)23-22(17-9-6-10-18(13-17)29(32)33)21-14-34-15-28(21)26(23)19-11-4-5-12-20(19)27-25(26)31/h1-13,21-23H,14-15H2,(H,27,31)/t21-,22-,23+,26+/m1/s1. The number of rotatable bonds is 4. The van der Waals surface area contributed by atoms with Crippen LogP contribution in [0.25, 0.3) is 0 Å². The average Bonchev–Trinajstić information content (AvgIpc) is 3.52. The Labute approximate surface area is 200 Å². The molecule has 8 heteroatoms. The second-order valence-corrected chi connectivity index (χ2v) is 9.89. The highest BCUT2D eigenvalue weighted by atomic mass is 32.2. The van der Waals surface area contributed by atoms with Crippen molar-refractivity contribution in [3.05, 3.63) is 106 Å². The molecule has 1 spiro atoms. The van der Waals surface area contributed by atoms with E-state index in [4.69, 9.17) is 0 Å². The summed E-state index contributed by atoms with van der Waals surface area (Å²) in [5, 5.41) is 14.6. The zero-order valence-electron chi connectivity index (χ0n) is 18.1. The molecule has 2 saturated heterocycles. The van der Waals surface area contributed by atoms with Gasteiger partial charge in [-0.2, -0.15) is 0 Å². The lowest BCUT2D eigenvalue weighted by Gasteiger charge is -2.36. The van der Waals surface area contributed by atoms with E-state index in [9.17, 15) is 19.7 Å². The molecule has 0 radical (unpaired) electrons. The van der Waals surface area contributed by atoms with Crippen molar-refractivity contribution in [2.45, 2.75) is 17.5 Å². The van der Waals surface area contributed by atoms with E-state index in [1.807, 2.05) is 48.5 Å². The number of hydrogen-bond donors (Lipinski definition) is 1. The predicted molar refractivity (Wildman–Crippen MR) is 130 cm³/mol. The van der Waals surface area contributed by atoms with Crippen LogP contribution in [0.15, 0.2) is 78.9 Å². The number of ketones is 1. The van der Waals surface area contributed by atoms with Crippen LogP contribution in [0.3, 0.4) is 0 Å². The number of carbonyl (C=O) groups is 2. The molecule has 6 rings (SSSR count). The monoisotopic (exact) mass is 471 g/mol. The fourth-order valence-electron chi connectivity index (χ4n) is 6.03. The Morgan fingerprint density at radius 3 is 2.62 bits per heavy atom. The third kappa shape index (κ3) is 2.82. The smallest absolute Gasteiger partial charge is 0.269 e. The van der Waals surface area contributed by atoms with Crippen LogP contribution in [0.4, 0.5) is 11.4 Å². The van der Waals surface area contributed by atoms with Crippen molar-refractivity contribution in [3.63, 3.8) is 0 Å². The van der Waals surface area contributed by atoms with Crippen LogP contribution in [0.5, 0.6) is 0 Å². The van der Waals surface area contributed by atoms with Gasteiger partial charge in [0.1, 0.15) is 5.54 Å². The Morgan fingerprint density at radius 1 is 1.06 bits per heavy atom. The van der Waals surface area contributed by atoms with Crippen molar-refractivity contribution < 1.29 is 14.5 Å². The van der Waals surface area contributed by atoms with Crippen LogP contribution in [-0.4, -0.2) is 39.2 Å². The number of amides is 1. The molecule has 3 aromatic rings. The number of nitrogens with one attached hydrogen (secondary N) is 1. The Bertz CT molecular complexity index is 1330. The Kier molecular flexibility index (Phi) is 4.82. The summed E-state index contributed by atoms with van der Waals surface area (Å²) in [6.45, 7) is 0. The highest BCUT2D eigenvalue weighted by molar-refractivity contribution is 7.99. The van der Waals surface area contributed by atoms with Crippen LogP contribution >= 0.6 is 11.8 Å². The third-order valence-electron chi connectivity index (χ3n) is 7.33. The second kappa shape index (κ2) is 7.78. The molecule has 3 aliphatic rings. The maximum absolute atomic E-state index is 14.2. The van der Waals surface area contributed by atoms with Gasteiger partial charge in [0.25, 0.3) is 5.69 Å². The summed E-state index contributed by atoms with van der Waals surface area (Å²) in [4.78, 5) is 41.4. The number of nitro benzene ring substituents is 1. The predicted octanol–water partition coefficient (Wildman–Crippen LogP) is 4.41. The van der Waals surface area contributed by atoms with Crippen LogP contribution in [-0.2, 0) is 10.3 Å². The van der Waals surface area contributed by atoms with Crippen LogP contribution in [0.1, 0.15) is 27.4 Å². The second-order valence-electron chi connectivity index (χ2n) is 8.89. The normalized spacial score (nSPS) is 27.4.